The molecule has 0 aliphatic rings. The molecule has 0 amide bonds. The van der Waals surface area contributed by atoms with E-state index in [1.165, 1.54) is 0 Å². The minimum Gasteiger partial charge on any atom is -0.508 e. The van der Waals surface area contributed by atoms with E-state index in [9.17, 15) is 15.3 Å². The first-order valence-electron chi connectivity index (χ1n) is 5.69. The molecule has 0 aromatic heterocycles. The Morgan fingerprint density at radius 2 is 1.88 bits per heavy atom. The summed E-state index contributed by atoms with van der Waals surface area (Å²) in [5.74, 6) is 0.290. The van der Waals surface area contributed by atoms with Gasteiger partial charge in [0.25, 0.3) is 0 Å². The lowest BCUT2D eigenvalue weighted by atomic mass is 10.0. The molecule has 0 fully saturated rings. The van der Waals surface area contributed by atoms with Crippen LogP contribution < -0.4 is 0 Å². The first kappa shape index (κ1) is 13.0. The lowest BCUT2D eigenvalue weighted by Crippen LogP contribution is -2.25. The van der Waals surface area contributed by atoms with Crippen molar-refractivity contribution in [3.8, 4) is 5.75 Å². The van der Waals surface area contributed by atoms with Crippen molar-refractivity contribution in [1.29, 1.82) is 0 Å². The summed E-state index contributed by atoms with van der Waals surface area (Å²) < 4.78 is 0. The second kappa shape index (κ2) is 5.87. The predicted molar refractivity (Wildman–Crippen MR) is 63.5 cm³/mol. The zero-order valence-corrected chi connectivity index (χ0v) is 9.85. The number of phenolic OH excluding ortho intramolecular Hbond substituents is 1. The summed E-state index contributed by atoms with van der Waals surface area (Å²) in [6.07, 6.45) is 0.506. The number of rotatable bonds is 5. The van der Waals surface area contributed by atoms with E-state index in [4.69, 9.17) is 0 Å². The number of aliphatic hydroxyl groups is 2. The minimum atomic E-state index is -0.667. The second-order valence-corrected chi connectivity index (χ2v) is 4.20. The Bertz CT molecular complexity index is 336. The SMILES string of the molecule is CCC(O)C(O)CCc1ccc(O)c(C)c1. The standard InChI is InChI=1S/C13H20O3/c1-3-11(14)13(16)7-5-10-4-6-12(15)9(2)8-10/h4,6,8,11,13-16H,3,5,7H2,1-2H3. The van der Waals surface area contributed by atoms with Crippen molar-refractivity contribution in [2.75, 3.05) is 0 Å². The van der Waals surface area contributed by atoms with Gasteiger partial charge in [0.15, 0.2) is 0 Å². The predicted octanol–water partition coefficient (Wildman–Crippen LogP) is 1.77. The molecule has 2 atom stereocenters. The van der Waals surface area contributed by atoms with Crippen molar-refractivity contribution in [3.63, 3.8) is 0 Å². The van der Waals surface area contributed by atoms with Gasteiger partial charge in [-0.1, -0.05) is 19.1 Å². The summed E-state index contributed by atoms with van der Waals surface area (Å²) >= 11 is 0. The molecule has 0 spiro atoms. The molecule has 2 unspecified atom stereocenters. The number of hydrogen-bond acceptors (Lipinski definition) is 3. The molecule has 0 radical (unpaired) electrons. The van der Waals surface area contributed by atoms with Gasteiger partial charge in [-0.3, -0.25) is 0 Å². The third kappa shape index (κ3) is 3.51. The molecule has 3 N–H and O–H groups in total. The Morgan fingerprint density at radius 1 is 1.19 bits per heavy atom. The van der Waals surface area contributed by atoms with Crippen molar-refractivity contribution in [2.24, 2.45) is 0 Å². The Hall–Kier alpha value is -1.06. The molecule has 1 rings (SSSR count). The van der Waals surface area contributed by atoms with E-state index < -0.39 is 12.2 Å². The van der Waals surface area contributed by atoms with Crippen LogP contribution in [0, 0.1) is 6.92 Å². The van der Waals surface area contributed by atoms with Crippen molar-refractivity contribution >= 4 is 0 Å². The molecule has 1 aromatic carbocycles. The molecule has 3 heteroatoms. The third-order valence-electron chi connectivity index (χ3n) is 2.85. The molecule has 0 aliphatic heterocycles. The Balaban J connectivity index is 2.51. The quantitative estimate of drug-likeness (QED) is 0.714. The van der Waals surface area contributed by atoms with Crippen LogP contribution in [0.5, 0.6) is 5.75 Å². The average molecular weight is 224 g/mol. The first-order chi connectivity index (χ1) is 7.54. The molecule has 0 aliphatic carbocycles. The normalized spacial score (nSPS) is 14.8. The van der Waals surface area contributed by atoms with E-state index in [2.05, 4.69) is 0 Å². The maximum atomic E-state index is 9.60. The topological polar surface area (TPSA) is 60.7 Å². The number of benzene rings is 1. The fourth-order valence-electron chi connectivity index (χ4n) is 1.65. The summed E-state index contributed by atoms with van der Waals surface area (Å²) in [5, 5.41) is 28.4. The van der Waals surface area contributed by atoms with Crippen molar-refractivity contribution in [2.45, 2.75) is 45.3 Å². The Kier molecular flexibility index (Phi) is 4.77. The van der Waals surface area contributed by atoms with Crippen LogP contribution >= 0.6 is 0 Å². The molecule has 0 saturated carbocycles. The van der Waals surface area contributed by atoms with Gasteiger partial charge in [0.2, 0.25) is 0 Å². The van der Waals surface area contributed by atoms with Crippen molar-refractivity contribution in [1.82, 2.24) is 0 Å². The third-order valence-corrected chi connectivity index (χ3v) is 2.85. The van der Waals surface area contributed by atoms with Gasteiger partial charge >= 0.3 is 0 Å². The number of aliphatic hydroxyl groups excluding tert-OH is 2. The van der Waals surface area contributed by atoms with Gasteiger partial charge in [0.1, 0.15) is 5.75 Å². The number of aryl methyl sites for hydroxylation is 2. The van der Waals surface area contributed by atoms with Gasteiger partial charge in [-0.25, -0.2) is 0 Å². The molecular weight excluding hydrogens is 204 g/mol. The van der Waals surface area contributed by atoms with Crippen LogP contribution in [0.3, 0.4) is 0 Å². The van der Waals surface area contributed by atoms with Gasteiger partial charge in [-0.2, -0.15) is 0 Å². The Labute approximate surface area is 96.4 Å². The van der Waals surface area contributed by atoms with E-state index in [1.54, 1.807) is 6.07 Å². The van der Waals surface area contributed by atoms with E-state index in [-0.39, 0.29) is 5.75 Å². The average Bonchev–Trinajstić information content (AvgIpc) is 2.29. The number of hydrogen-bond donors (Lipinski definition) is 3. The smallest absolute Gasteiger partial charge is 0.118 e. The summed E-state index contributed by atoms with van der Waals surface area (Å²) in [4.78, 5) is 0. The zero-order chi connectivity index (χ0) is 12.1. The monoisotopic (exact) mass is 224 g/mol. The molecule has 0 heterocycles. The maximum absolute atomic E-state index is 9.60. The van der Waals surface area contributed by atoms with Gasteiger partial charge in [0, 0.05) is 0 Å². The highest BCUT2D eigenvalue weighted by Crippen LogP contribution is 2.18. The highest BCUT2D eigenvalue weighted by Gasteiger charge is 2.13. The van der Waals surface area contributed by atoms with Crippen LogP contribution in [-0.2, 0) is 6.42 Å². The molecule has 3 nitrogen and oxygen atoms in total. The zero-order valence-electron chi connectivity index (χ0n) is 9.85. The van der Waals surface area contributed by atoms with E-state index >= 15 is 0 Å². The van der Waals surface area contributed by atoms with E-state index in [0.717, 1.165) is 11.1 Å². The highest BCUT2D eigenvalue weighted by atomic mass is 16.3. The van der Waals surface area contributed by atoms with E-state index in [1.807, 2.05) is 26.0 Å². The van der Waals surface area contributed by atoms with Crippen LogP contribution in [0.15, 0.2) is 18.2 Å². The first-order valence-corrected chi connectivity index (χ1v) is 5.69. The summed E-state index contributed by atoms with van der Waals surface area (Å²) in [7, 11) is 0. The summed E-state index contributed by atoms with van der Waals surface area (Å²) in [6.45, 7) is 3.69. The van der Waals surface area contributed by atoms with Crippen LogP contribution in [0.2, 0.25) is 0 Å². The lowest BCUT2D eigenvalue weighted by Gasteiger charge is -2.16. The van der Waals surface area contributed by atoms with Crippen molar-refractivity contribution < 1.29 is 15.3 Å². The van der Waals surface area contributed by atoms with Gasteiger partial charge < -0.3 is 15.3 Å². The fourth-order valence-corrected chi connectivity index (χ4v) is 1.65. The van der Waals surface area contributed by atoms with Crippen LogP contribution in [0.4, 0.5) is 0 Å². The maximum Gasteiger partial charge on any atom is 0.118 e. The molecular formula is C13H20O3. The fraction of sp³-hybridized carbons (Fsp3) is 0.538. The number of phenols is 1. The molecule has 90 valence electrons. The molecule has 0 saturated heterocycles. The van der Waals surface area contributed by atoms with Crippen LogP contribution in [-0.4, -0.2) is 27.5 Å². The Morgan fingerprint density at radius 3 is 2.44 bits per heavy atom. The highest BCUT2D eigenvalue weighted by molar-refractivity contribution is 5.34. The number of aromatic hydroxyl groups is 1. The summed E-state index contributed by atoms with van der Waals surface area (Å²) in [5.41, 5.74) is 1.90. The van der Waals surface area contributed by atoms with Crippen molar-refractivity contribution in [3.05, 3.63) is 29.3 Å². The van der Waals surface area contributed by atoms with E-state index in [0.29, 0.717) is 19.3 Å². The minimum absolute atomic E-state index is 0.290. The lowest BCUT2D eigenvalue weighted by molar-refractivity contribution is 0.0130. The van der Waals surface area contributed by atoms with Gasteiger partial charge in [-0.05, 0) is 43.4 Å². The van der Waals surface area contributed by atoms with Crippen LogP contribution in [0.25, 0.3) is 0 Å². The molecule has 1 aromatic rings. The van der Waals surface area contributed by atoms with Gasteiger partial charge in [-0.15, -0.1) is 0 Å². The van der Waals surface area contributed by atoms with Crippen LogP contribution in [0.1, 0.15) is 30.9 Å². The second-order valence-electron chi connectivity index (χ2n) is 4.20. The summed E-state index contributed by atoms with van der Waals surface area (Å²) in [6, 6.07) is 5.40. The van der Waals surface area contributed by atoms with Gasteiger partial charge in [0.05, 0.1) is 12.2 Å². The largest absolute Gasteiger partial charge is 0.508 e. The molecule has 0 bridgehead atoms. The molecule has 16 heavy (non-hydrogen) atoms.